The highest BCUT2D eigenvalue weighted by Gasteiger charge is 2.50. The molecule has 2 aliphatic heterocycles. The highest BCUT2D eigenvalue weighted by molar-refractivity contribution is 6.34. The fourth-order valence-electron chi connectivity index (χ4n) is 7.60. The first-order valence-corrected chi connectivity index (χ1v) is 16.3. The van der Waals surface area contributed by atoms with Gasteiger partial charge in [-0.1, -0.05) is 80.6 Å². The summed E-state index contributed by atoms with van der Waals surface area (Å²) < 4.78 is 6.19. The van der Waals surface area contributed by atoms with Gasteiger partial charge in [0.05, 0.1) is 11.3 Å². The third-order valence-corrected chi connectivity index (χ3v) is 9.83. The Balaban J connectivity index is 0.00000106. The third-order valence-electron chi connectivity index (χ3n) is 9.52. The van der Waals surface area contributed by atoms with Gasteiger partial charge >= 0.3 is 5.97 Å². The standard InChI is InChI=1S/C34H42ClN3O2.C2H4.CH2O/c1-4-12-33(13-6-5-7-14-33)21-36-24(3)20-38-16-9-15-34(22-38)31-30(32(39)40-34)27-18-28(35)26(19-29(27)37-31)25-11-8-10-23(2)17-25;2*1-2/h8,10-11,17-19,36-37H,3-7,9,12-16,20-22H2,1-2H3;1-2H2;1H2. The Hall–Kier alpha value is -3.35. The van der Waals surface area contributed by atoms with E-state index in [1.165, 1.54) is 50.5 Å². The average molecular weight is 618 g/mol. The number of H-pyrrole nitrogens is 1. The Kier molecular flexibility index (Phi) is 11.1. The van der Waals surface area contributed by atoms with Crippen molar-refractivity contribution in [1.82, 2.24) is 15.2 Å². The fraction of sp³-hybridized carbons (Fsp3) is 0.459. The minimum absolute atomic E-state index is 0.252. The fourth-order valence-corrected chi connectivity index (χ4v) is 7.87. The van der Waals surface area contributed by atoms with Crippen LogP contribution in [0.15, 0.2) is 61.8 Å². The van der Waals surface area contributed by atoms with Gasteiger partial charge in [-0.25, -0.2) is 4.79 Å². The number of aryl methyl sites for hydroxylation is 1. The number of fused-ring (bicyclic) bond motifs is 4. The first-order valence-electron chi connectivity index (χ1n) is 15.9. The molecule has 0 amide bonds. The molecule has 2 aromatic carbocycles. The van der Waals surface area contributed by atoms with E-state index in [-0.39, 0.29) is 5.97 Å². The Morgan fingerprint density at radius 3 is 2.55 bits per heavy atom. The van der Waals surface area contributed by atoms with Gasteiger partial charge in [-0.05, 0) is 68.7 Å². The van der Waals surface area contributed by atoms with E-state index in [1.807, 2.05) is 18.9 Å². The first kappa shape index (κ1) is 33.5. The normalized spacial score (nSPS) is 20.6. The lowest BCUT2D eigenvalue weighted by atomic mass is 9.71. The summed E-state index contributed by atoms with van der Waals surface area (Å²) in [7, 11) is 0. The molecule has 1 saturated heterocycles. The quantitative estimate of drug-likeness (QED) is 0.195. The summed E-state index contributed by atoms with van der Waals surface area (Å²) in [5, 5.41) is 5.20. The van der Waals surface area contributed by atoms with Gasteiger partial charge in [0, 0.05) is 46.8 Å². The third kappa shape index (κ3) is 6.82. The minimum Gasteiger partial charge on any atom is -0.448 e. The molecule has 1 aromatic heterocycles. The predicted octanol–water partition coefficient (Wildman–Crippen LogP) is 8.73. The van der Waals surface area contributed by atoms with Crippen LogP contribution in [0.5, 0.6) is 0 Å². The Labute approximate surface area is 267 Å². The number of likely N-dealkylation sites (tertiary alicyclic amines) is 1. The number of nitrogens with zero attached hydrogens (tertiary/aromatic N) is 1. The molecule has 1 aliphatic carbocycles. The van der Waals surface area contributed by atoms with Gasteiger partial charge < -0.3 is 19.8 Å². The van der Waals surface area contributed by atoms with E-state index in [1.54, 1.807) is 0 Å². The molecule has 236 valence electrons. The molecule has 0 bridgehead atoms. The number of rotatable bonds is 8. The van der Waals surface area contributed by atoms with Crippen molar-refractivity contribution in [3.8, 4) is 11.1 Å². The van der Waals surface area contributed by atoms with Crippen molar-refractivity contribution in [1.29, 1.82) is 0 Å². The van der Waals surface area contributed by atoms with Crippen LogP contribution in [0.2, 0.25) is 5.02 Å². The van der Waals surface area contributed by atoms with Gasteiger partial charge in [0.2, 0.25) is 0 Å². The number of aromatic nitrogens is 1. The molecule has 2 fully saturated rings. The van der Waals surface area contributed by atoms with Crippen molar-refractivity contribution in [3.05, 3.63) is 83.7 Å². The number of hydrogen-bond acceptors (Lipinski definition) is 5. The van der Waals surface area contributed by atoms with Gasteiger partial charge in [0.1, 0.15) is 6.79 Å². The monoisotopic (exact) mass is 617 g/mol. The Morgan fingerprint density at radius 2 is 1.84 bits per heavy atom. The van der Waals surface area contributed by atoms with E-state index in [4.69, 9.17) is 21.1 Å². The number of carbonyl (C=O) groups excluding carboxylic acids is 2. The Morgan fingerprint density at radius 1 is 1.09 bits per heavy atom. The summed E-state index contributed by atoms with van der Waals surface area (Å²) in [6, 6.07) is 12.3. The van der Waals surface area contributed by atoms with Gasteiger partial charge in [-0.3, -0.25) is 4.90 Å². The first-order chi connectivity index (χ1) is 21.3. The molecule has 44 heavy (non-hydrogen) atoms. The van der Waals surface area contributed by atoms with Gasteiger partial charge in [0.25, 0.3) is 0 Å². The highest BCUT2D eigenvalue weighted by Crippen LogP contribution is 2.47. The second-order valence-corrected chi connectivity index (χ2v) is 13.0. The Bertz CT molecular complexity index is 1470. The van der Waals surface area contributed by atoms with Gasteiger partial charge in [-0.15, -0.1) is 13.2 Å². The molecule has 1 spiro atoms. The van der Waals surface area contributed by atoms with E-state index in [0.717, 1.165) is 65.9 Å². The molecule has 3 heterocycles. The second-order valence-electron chi connectivity index (χ2n) is 12.6. The van der Waals surface area contributed by atoms with Crippen LogP contribution < -0.4 is 5.32 Å². The van der Waals surface area contributed by atoms with Crippen molar-refractivity contribution >= 4 is 35.3 Å². The molecule has 3 aliphatic rings. The topological polar surface area (TPSA) is 74.4 Å². The smallest absolute Gasteiger partial charge is 0.341 e. The number of ether oxygens (including phenoxy) is 1. The molecule has 0 radical (unpaired) electrons. The van der Waals surface area contributed by atoms with Gasteiger partial charge in [0.15, 0.2) is 5.60 Å². The van der Waals surface area contributed by atoms with Crippen LogP contribution in [0.4, 0.5) is 0 Å². The lowest BCUT2D eigenvalue weighted by molar-refractivity contribution is -0.0980. The number of benzene rings is 2. The van der Waals surface area contributed by atoms with E-state index in [9.17, 15) is 4.79 Å². The summed E-state index contributed by atoms with van der Waals surface area (Å²) >= 11 is 6.78. The predicted molar refractivity (Wildman–Crippen MR) is 182 cm³/mol. The highest BCUT2D eigenvalue weighted by atomic mass is 35.5. The number of nitrogens with one attached hydrogen (secondary N) is 2. The number of aromatic amines is 1. The number of esters is 1. The lowest BCUT2D eigenvalue weighted by Crippen LogP contribution is -2.48. The van der Waals surface area contributed by atoms with E-state index >= 15 is 0 Å². The van der Waals surface area contributed by atoms with E-state index in [0.29, 0.717) is 22.5 Å². The van der Waals surface area contributed by atoms with E-state index < -0.39 is 5.60 Å². The van der Waals surface area contributed by atoms with Crippen LogP contribution in [0.25, 0.3) is 22.0 Å². The lowest BCUT2D eigenvalue weighted by Gasteiger charge is -2.40. The van der Waals surface area contributed by atoms with Crippen molar-refractivity contribution in [2.45, 2.75) is 77.2 Å². The summed E-state index contributed by atoms with van der Waals surface area (Å²) in [5.41, 5.74) is 6.51. The van der Waals surface area contributed by atoms with Crippen molar-refractivity contribution in [2.75, 3.05) is 26.2 Å². The zero-order valence-electron chi connectivity index (χ0n) is 26.5. The maximum atomic E-state index is 13.3. The molecule has 6 rings (SSSR count). The molecule has 1 saturated carbocycles. The molecule has 1 atom stereocenters. The summed E-state index contributed by atoms with van der Waals surface area (Å²) in [6.07, 6.45) is 11.0. The number of piperidine rings is 1. The van der Waals surface area contributed by atoms with Gasteiger partial charge in [-0.2, -0.15) is 0 Å². The number of hydrogen-bond donors (Lipinski definition) is 2. The largest absolute Gasteiger partial charge is 0.448 e. The van der Waals surface area contributed by atoms with Crippen LogP contribution in [0.3, 0.4) is 0 Å². The SMILES string of the molecule is C=C.C=C(CN1CCCC2(C1)OC(=O)c1c2[nH]c2cc(-c3cccc(C)c3)c(Cl)cc12)NCC1(CCC)CCCCC1.C=O. The van der Waals surface area contributed by atoms with E-state index in [2.05, 4.69) is 73.1 Å². The van der Waals surface area contributed by atoms with Crippen LogP contribution in [0.1, 0.15) is 86.3 Å². The van der Waals surface area contributed by atoms with Crippen molar-refractivity contribution in [3.63, 3.8) is 0 Å². The zero-order chi connectivity index (χ0) is 31.9. The molecule has 3 aromatic rings. The molecule has 6 nitrogen and oxygen atoms in total. The molecule has 2 N–H and O–H groups in total. The number of carbonyl (C=O) groups is 2. The average Bonchev–Trinajstić information content (AvgIpc) is 3.53. The second kappa shape index (κ2) is 14.6. The molecule has 7 heteroatoms. The number of halogens is 1. The maximum Gasteiger partial charge on any atom is 0.341 e. The van der Waals surface area contributed by atoms with Crippen LogP contribution >= 0.6 is 11.6 Å². The zero-order valence-corrected chi connectivity index (χ0v) is 27.3. The molecule has 1 unspecified atom stereocenters. The van der Waals surface area contributed by atoms with Crippen LogP contribution in [0, 0.1) is 12.3 Å². The van der Waals surface area contributed by atoms with Crippen LogP contribution in [-0.2, 0) is 15.1 Å². The summed E-state index contributed by atoms with van der Waals surface area (Å²) in [6.45, 7) is 20.2. The van der Waals surface area contributed by atoms with Crippen LogP contribution in [-0.4, -0.2) is 48.8 Å². The van der Waals surface area contributed by atoms with Crippen molar-refractivity contribution in [2.24, 2.45) is 5.41 Å². The summed E-state index contributed by atoms with van der Waals surface area (Å²) in [5.74, 6) is -0.252. The summed E-state index contributed by atoms with van der Waals surface area (Å²) in [4.78, 5) is 27.3. The van der Waals surface area contributed by atoms with Crippen molar-refractivity contribution < 1.29 is 14.3 Å². The minimum atomic E-state index is -0.660. The maximum absolute atomic E-state index is 13.3. The molecular formula is C37H48ClN3O3. The molecular weight excluding hydrogens is 570 g/mol.